The van der Waals surface area contributed by atoms with E-state index in [1.54, 1.807) is 18.0 Å². The second kappa shape index (κ2) is 7.19. The van der Waals surface area contributed by atoms with Gasteiger partial charge in [-0.15, -0.1) is 0 Å². The number of rotatable bonds is 3. The number of anilines is 3. The molecule has 0 saturated heterocycles. The standard InChI is InChI=1S/C22H22N4O/c1-16-23-19(22(27)25(2)18-11-4-3-5-12-18)15-21(24-16)26-14-8-10-17-9-6-7-13-20(17)26/h3-7,9,11-13,15H,8,10,14H2,1-2H3. The monoisotopic (exact) mass is 358 g/mol. The number of hydrogen-bond donors (Lipinski definition) is 0. The predicted octanol–water partition coefficient (Wildman–Crippen LogP) is 4.15. The van der Waals surface area contributed by atoms with Crippen LogP contribution >= 0.6 is 0 Å². The third-order valence-electron chi connectivity index (χ3n) is 4.88. The molecule has 0 aliphatic carbocycles. The molecule has 136 valence electrons. The zero-order valence-electron chi connectivity index (χ0n) is 15.6. The van der Waals surface area contributed by atoms with Gasteiger partial charge in [-0.25, -0.2) is 9.97 Å². The molecular formula is C22H22N4O. The van der Waals surface area contributed by atoms with Gasteiger partial charge < -0.3 is 9.80 Å². The van der Waals surface area contributed by atoms with Gasteiger partial charge in [0.25, 0.3) is 5.91 Å². The molecule has 1 aromatic heterocycles. The normalized spacial score (nSPS) is 13.2. The minimum absolute atomic E-state index is 0.141. The number of nitrogens with zero attached hydrogens (tertiary/aromatic N) is 4. The molecule has 2 aromatic carbocycles. The second-order valence-electron chi connectivity index (χ2n) is 6.74. The zero-order chi connectivity index (χ0) is 18.8. The van der Waals surface area contributed by atoms with Gasteiger partial charge in [0, 0.05) is 31.0 Å². The van der Waals surface area contributed by atoms with Crippen LogP contribution in [0.2, 0.25) is 0 Å². The minimum atomic E-state index is -0.141. The van der Waals surface area contributed by atoms with Crippen LogP contribution in [-0.2, 0) is 6.42 Å². The van der Waals surface area contributed by atoms with Gasteiger partial charge in [0.2, 0.25) is 0 Å². The Morgan fingerprint density at radius 1 is 1.04 bits per heavy atom. The summed E-state index contributed by atoms with van der Waals surface area (Å²) in [6.07, 6.45) is 2.13. The summed E-state index contributed by atoms with van der Waals surface area (Å²) in [5, 5.41) is 0. The average molecular weight is 358 g/mol. The summed E-state index contributed by atoms with van der Waals surface area (Å²) in [6.45, 7) is 2.72. The number of para-hydroxylation sites is 2. The van der Waals surface area contributed by atoms with Crippen LogP contribution in [-0.4, -0.2) is 29.5 Å². The summed E-state index contributed by atoms with van der Waals surface area (Å²) in [5.41, 5.74) is 3.72. The molecule has 0 unspecified atom stereocenters. The summed E-state index contributed by atoms with van der Waals surface area (Å²) in [7, 11) is 1.77. The Hall–Kier alpha value is -3.21. The molecule has 3 aromatic rings. The van der Waals surface area contributed by atoms with Crippen molar-refractivity contribution in [2.75, 3.05) is 23.4 Å². The van der Waals surface area contributed by atoms with Crippen molar-refractivity contribution < 1.29 is 4.79 Å². The molecule has 2 heterocycles. The first-order valence-corrected chi connectivity index (χ1v) is 9.18. The van der Waals surface area contributed by atoms with Gasteiger partial charge in [-0.05, 0) is 43.5 Å². The molecule has 1 aliphatic rings. The number of fused-ring (bicyclic) bond motifs is 1. The number of aromatic nitrogens is 2. The SMILES string of the molecule is Cc1nc(C(=O)N(C)c2ccccc2)cc(N2CCCc3ccccc32)n1. The topological polar surface area (TPSA) is 49.3 Å². The van der Waals surface area contributed by atoms with E-state index in [-0.39, 0.29) is 5.91 Å². The van der Waals surface area contributed by atoms with Gasteiger partial charge in [-0.1, -0.05) is 36.4 Å². The number of carbonyl (C=O) groups is 1. The van der Waals surface area contributed by atoms with E-state index in [1.165, 1.54) is 5.56 Å². The number of benzene rings is 2. The summed E-state index contributed by atoms with van der Waals surface area (Å²) in [4.78, 5) is 25.8. The maximum absolute atomic E-state index is 13.0. The lowest BCUT2D eigenvalue weighted by atomic mass is 10.0. The Labute approximate surface area is 159 Å². The Kier molecular flexibility index (Phi) is 4.59. The quantitative estimate of drug-likeness (QED) is 0.706. The fourth-order valence-electron chi connectivity index (χ4n) is 3.51. The number of carbonyl (C=O) groups excluding carboxylic acids is 1. The van der Waals surface area contributed by atoms with E-state index in [1.807, 2.05) is 43.3 Å². The average Bonchev–Trinajstić information content (AvgIpc) is 2.72. The summed E-state index contributed by atoms with van der Waals surface area (Å²) < 4.78 is 0. The third-order valence-corrected chi connectivity index (χ3v) is 4.88. The molecule has 0 atom stereocenters. The lowest BCUT2D eigenvalue weighted by molar-refractivity contribution is 0.0988. The van der Waals surface area contributed by atoms with Crippen LogP contribution in [0.3, 0.4) is 0 Å². The van der Waals surface area contributed by atoms with Gasteiger partial charge in [-0.2, -0.15) is 0 Å². The maximum Gasteiger partial charge on any atom is 0.276 e. The zero-order valence-corrected chi connectivity index (χ0v) is 15.6. The second-order valence-corrected chi connectivity index (χ2v) is 6.74. The fourth-order valence-corrected chi connectivity index (χ4v) is 3.51. The highest BCUT2D eigenvalue weighted by Gasteiger charge is 2.22. The smallest absolute Gasteiger partial charge is 0.276 e. The minimum Gasteiger partial charge on any atom is -0.326 e. The maximum atomic E-state index is 13.0. The van der Waals surface area contributed by atoms with E-state index in [2.05, 4.69) is 33.1 Å². The van der Waals surface area contributed by atoms with Crippen LogP contribution in [0, 0.1) is 6.92 Å². The Bertz CT molecular complexity index is 971. The van der Waals surface area contributed by atoms with Crippen LogP contribution in [0.15, 0.2) is 60.7 Å². The number of aryl methyl sites for hydroxylation is 2. The van der Waals surface area contributed by atoms with Gasteiger partial charge in [0.1, 0.15) is 17.3 Å². The van der Waals surface area contributed by atoms with E-state index in [4.69, 9.17) is 0 Å². The summed E-state index contributed by atoms with van der Waals surface area (Å²) in [6, 6.07) is 19.8. The van der Waals surface area contributed by atoms with Crippen LogP contribution in [0.25, 0.3) is 0 Å². The molecule has 0 N–H and O–H groups in total. The first-order valence-electron chi connectivity index (χ1n) is 9.18. The number of hydrogen-bond acceptors (Lipinski definition) is 4. The highest BCUT2D eigenvalue weighted by molar-refractivity contribution is 6.04. The first kappa shape index (κ1) is 17.2. The van der Waals surface area contributed by atoms with Crippen molar-refractivity contribution in [2.24, 2.45) is 0 Å². The van der Waals surface area contributed by atoms with Crippen LogP contribution in [0.5, 0.6) is 0 Å². The number of amides is 1. The Balaban J connectivity index is 1.70. The van der Waals surface area contributed by atoms with Crippen molar-refractivity contribution in [3.8, 4) is 0 Å². The summed E-state index contributed by atoms with van der Waals surface area (Å²) >= 11 is 0. The third kappa shape index (κ3) is 3.40. The molecule has 5 heteroatoms. The molecular weight excluding hydrogens is 336 g/mol. The van der Waals surface area contributed by atoms with Crippen LogP contribution in [0.4, 0.5) is 17.2 Å². The van der Waals surface area contributed by atoms with E-state index in [0.717, 1.165) is 36.6 Å². The van der Waals surface area contributed by atoms with Crippen molar-refractivity contribution in [2.45, 2.75) is 19.8 Å². The molecule has 1 aliphatic heterocycles. The molecule has 0 radical (unpaired) electrons. The van der Waals surface area contributed by atoms with Crippen LogP contribution in [0.1, 0.15) is 28.3 Å². The van der Waals surface area contributed by atoms with Crippen molar-refractivity contribution in [1.29, 1.82) is 0 Å². The van der Waals surface area contributed by atoms with Crippen LogP contribution < -0.4 is 9.80 Å². The van der Waals surface area contributed by atoms with Gasteiger partial charge in [0.05, 0.1) is 0 Å². The van der Waals surface area contributed by atoms with Gasteiger partial charge in [-0.3, -0.25) is 4.79 Å². The molecule has 5 nitrogen and oxygen atoms in total. The van der Waals surface area contributed by atoms with E-state index in [0.29, 0.717) is 11.5 Å². The van der Waals surface area contributed by atoms with E-state index >= 15 is 0 Å². The van der Waals surface area contributed by atoms with Crippen molar-refractivity contribution in [3.63, 3.8) is 0 Å². The molecule has 4 rings (SSSR count). The van der Waals surface area contributed by atoms with Gasteiger partial charge in [0.15, 0.2) is 0 Å². The molecule has 0 spiro atoms. The lowest BCUT2D eigenvalue weighted by Gasteiger charge is -2.30. The molecule has 0 fully saturated rings. The predicted molar refractivity (Wildman–Crippen MR) is 108 cm³/mol. The molecule has 27 heavy (non-hydrogen) atoms. The first-order chi connectivity index (χ1) is 13.1. The van der Waals surface area contributed by atoms with Crippen molar-refractivity contribution in [1.82, 2.24) is 9.97 Å². The Morgan fingerprint density at radius 2 is 1.78 bits per heavy atom. The van der Waals surface area contributed by atoms with E-state index < -0.39 is 0 Å². The highest BCUT2D eigenvalue weighted by Crippen LogP contribution is 2.32. The molecule has 0 bridgehead atoms. The molecule has 1 amide bonds. The van der Waals surface area contributed by atoms with E-state index in [9.17, 15) is 4.79 Å². The fraction of sp³-hybridized carbons (Fsp3) is 0.227. The van der Waals surface area contributed by atoms with Gasteiger partial charge >= 0.3 is 0 Å². The lowest BCUT2D eigenvalue weighted by Crippen LogP contribution is -2.29. The summed E-state index contributed by atoms with van der Waals surface area (Å²) in [5.74, 6) is 1.23. The Morgan fingerprint density at radius 3 is 2.59 bits per heavy atom. The highest BCUT2D eigenvalue weighted by atomic mass is 16.2. The largest absolute Gasteiger partial charge is 0.326 e. The van der Waals surface area contributed by atoms with Crippen molar-refractivity contribution >= 4 is 23.1 Å². The van der Waals surface area contributed by atoms with Crippen molar-refractivity contribution in [3.05, 3.63) is 77.7 Å². The molecule has 0 saturated carbocycles.